The van der Waals surface area contributed by atoms with E-state index in [1.807, 2.05) is 20.8 Å². The number of nitrogens with zero attached hydrogens (tertiary/aromatic N) is 1. The number of unbranched alkanes of at least 4 members (excludes halogenated alkanes) is 7. The lowest BCUT2D eigenvalue weighted by Crippen LogP contribution is -2.18. The first-order valence-corrected chi connectivity index (χ1v) is 17.8. The predicted molar refractivity (Wildman–Crippen MR) is 195 cm³/mol. The van der Waals surface area contributed by atoms with E-state index in [1.54, 1.807) is 54.6 Å². The quantitative estimate of drug-likeness (QED) is 0.0311. The van der Waals surface area contributed by atoms with Gasteiger partial charge in [0.25, 0.3) is 0 Å². The second-order valence-electron chi connectivity index (χ2n) is 13.1. The molecule has 3 aromatic carbocycles. The van der Waals surface area contributed by atoms with Crippen LogP contribution in [0.2, 0.25) is 0 Å². The number of carbonyl (C=O) groups is 2. The largest absolute Gasteiger partial charge is 0.494 e. The van der Waals surface area contributed by atoms with Gasteiger partial charge in [-0.15, -0.1) is 0 Å². The molecule has 0 aliphatic carbocycles. The summed E-state index contributed by atoms with van der Waals surface area (Å²) in [6.45, 7) is 8.62. The van der Waals surface area contributed by atoms with E-state index in [2.05, 4.69) is 18.8 Å². The molecule has 3 aromatic rings. The summed E-state index contributed by atoms with van der Waals surface area (Å²) >= 11 is 0. The molecule has 0 fully saturated rings. The summed E-state index contributed by atoms with van der Waals surface area (Å²) in [5, 5.41) is 21.7. The summed E-state index contributed by atoms with van der Waals surface area (Å²) in [5.74, 6) is 5.77. The highest BCUT2D eigenvalue weighted by Gasteiger charge is 2.21. The molecule has 0 aliphatic heterocycles. The maximum absolute atomic E-state index is 12.7. The van der Waals surface area contributed by atoms with Gasteiger partial charge in [-0.25, -0.2) is 4.79 Å². The van der Waals surface area contributed by atoms with Gasteiger partial charge in [-0.1, -0.05) is 84.5 Å². The predicted octanol–water partition coefficient (Wildman–Crippen LogP) is 9.46. The first-order chi connectivity index (χ1) is 24.0. The van der Waals surface area contributed by atoms with E-state index in [0.29, 0.717) is 47.6 Å². The van der Waals surface area contributed by atoms with Gasteiger partial charge in [-0.05, 0) is 91.8 Å². The van der Waals surface area contributed by atoms with Crippen LogP contribution in [0.3, 0.4) is 0 Å². The number of nitro groups is 1. The Morgan fingerprint density at radius 1 is 0.780 bits per heavy atom. The second kappa shape index (κ2) is 21.4. The number of ether oxygens (including phenoxy) is 3. The fourth-order valence-electron chi connectivity index (χ4n) is 5.19. The Morgan fingerprint density at radius 2 is 1.38 bits per heavy atom. The maximum atomic E-state index is 12.7. The Balaban J connectivity index is 1.48. The summed E-state index contributed by atoms with van der Waals surface area (Å²) < 4.78 is 16.7. The highest BCUT2D eigenvalue weighted by molar-refractivity contribution is 5.91. The molecule has 0 spiro atoms. The van der Waals surface area contributed by atoms with Crippen molar-refractivity contribution in [3.05, 3.63) is 93.5 Å². The van der Waals surface area contributed by atoms with E-state index < -0.39 is 23.0 Å². The molecular formula is C41H51NO8. The smallest absolute Gasteiger partial charge is 0.343 e. The lowest BCUT2D eigenvalue weighted by Gasteiger charge is -2.17. The highest BCUT2D eigenvalue weighted by Crippen LogP contribution is 2.29. The van der Waals surface area contributed by atoms with E-state index in [0.717, 1.165) is 12.8 Å². The Labute approximate surface area is 296 Å². The number of aliphatic hydroxyl groups excluding tert-OH is 1. The van der Waals surface area contributed by atoms with Crippen molar-refractivity contribution in [3.8, 4) is 29.1 Å². The molecule has 0 amide bonds. The van der Waals surface area contributed by atoms with E-state index in [4.69, 9.17) is 14.2 Å². The van der Waals surface area contributed by atoms with Crippen LogP contribution in [0.15, 0.2) is 66.7 Å². The lowest BCUT2D eigenvalue weighted by atomic mass is 9.95. The number of rotatable bonds is 20. The molecule has 0 bridgehead atoms. The Bertz CT molecular complexity index is 1570. The average molecular weight is 686 g/mol. The topological polar surface area (TPSA) is 125 Å². The van der Waals surface area contributed by atoms with Gasteiger partial charge in [0.05, 0.1) is 23.2 Å². The fourth-order valence-corrected chi connectivity index (χ4v) is 5.19. The van der Waals surface area contributed by atoms with Crippen molar-refractivity contribution in [1.29, 1.82) is 0 Å². The first kappa shape index (κ1) is 39.8. The Hall–Kier alpha value is -4.68. The van der Waals surface area contributed by atoms with E-state index in [-0.39, 0.29) is 29.7 Å². The SMILES string of the molecule is CCCCCCCCCCOc1ccc(C(=O)Oc2ccc(C#Cc3ccc(OC(=O)C[C@H](C)CC[C@H](O)C(C)C)c([N+](=O)[O-])c3)cc2)cc1. The third-order valence-corrected chi connectivity index (χ3v) is 8.39. The molecule has 268 valence electrons. The molecule has 9 nitrogen and oxygen atoms in total. The number of nitro benzene ring substituents is 1. The van der Waals surface area contributed by atoms with Crippen LogP contribution in [-0.4, -0.2) is 34.7 Å². The van der Waals surface area contributed by atoms with Crippen LogP contribution >= 0.6 is 0 Å². The van der Waals surface area contributed by atoms with E-state index in [9.17, 15) is 24.8 Å². The molecule has 1 N–H and O–H groups in total. The summed E-state index contributed by atoms with van der Waals surface area (Å²) in [6, 6.07) is 17.7. The second-order valence-corrected chi connectivity index (χ2v) is 13.1. The van der Waals surface area contributed by atoms with Gasteiger partial charge in [-0.3, -0.25) is 14.9 Å². The molecular weight excluding hydrogens is 634 g/mol. The molecule has 0 saturated heterocycles. The highest BCUT2D eigenvalue weighted by atomic mass is 16.6. The van der Waals surface area contributed by atoms with Crippen molar-refractivity contribution in [2.24, 2.45) is 11.8 Å². The van der Waals surface area contributed by atoms with E-state index >= 15 is 0 Å². The van der Waals surface area contributed by atoms with Crippen LogP contribution in [0.4, 0.5) is 5.69 Å². The summed E-state index contributed by atoms with van der Waals surface area (Å²) in [7, 11) is 0. The number of esters is 2. The van der Waals surface area contributed by atoms with Crippen LogP contribution in [0.5, 0.6) is 17.2 Å². The number of benzene rings is 3. The number of hydrogen-bond donors (Lipinski definition) is 1. The third kappa shape index (κ3) is 14.4. The summed E-state index contributed by atoms with van der Waals surface area (Å²) in [5.41, 5.74) is 1.02. The summed E-state index contributed by atoms with van der Waals surface area (Å²) in [4.78, 5) is 36.3. The van der Waals surface area contributed by atoms with Crippen molar-refractivity contribution in [3.63, 3.8) is 0 Å². The Kier molecular flexibility index (Phi) is 17.0. The van der Waals surface area contributed by atoms with Crippen LogP contribution < -0.4 is 14.2 Å². The zero-order chi connectivity index (χ0) is 36.3. The molecule has 0 saturated carbocycles. The molecule has 50 heavy (non-hydrogen) atoms. The van der Waals surface area contributed by atoms with Gasteiger partial charge >= 0.3 is 17.6 Å². The van der Waals surface area contributed by atoms with Gasteiger partial charge in [0.2, 0.25) is 5.75 Å². The van der Waals surface area contributed by atoms with Crippen molar-refractivity contribution in [2.45, 2.75) is 104 Å². The number of carbonyl (C=O) groups excluding carboxylic acids is 2. The van der Waals surface area contributed by atoms with Crippen LogP contribution in [0.1, 0.15) is 120 Å². The van der Waals surface area contributed by atoms with Crippen molar-refractivity contribution in [2.75, 3.05) is 6.61 Å². The minimum atomic E-state index is -0.613. The zero-order valence-corrected chi connectivity index (χ0v) is 29.8. The standard InChI is InChI=1S/C41H51NO8/c1-5-6-7-8-9-10-11-12-27-48-35-23-19-34(20-24-35)41(45)49-36-21-16-32(17-22-36)14-15-33-18-26-39(37(29-33)42(46)47)50-40(44)28-31(4)13-25-38(43)30(2)3/h16-24,26,29-31,38,43H,5-13,25,27-28H2,1-4H3/t31-,38+/m1/s1. The Morgan fingerprint density at radius 3 is 2.02 bits per heavy atom. The van der Waals surface area contributed by atoms with Gasteiger partial charge in [0, 0.05) is 23.6 Å². The lowest BCUT2D eigenvalue weighted by molar-refractivity contribution is -0.385. The maximum Gasteiger partial charge on any atom is 0.343 e. The van der Waals surface area contributed by atoms with Crippen molar-refractivity contribution < 1.29 is 33.8 Å². The third-order valence-electron chi connectivity index (χ3n) is 8.39. The van der Waals surface area contributed by atoms with Gasteiger partial charge in [-0.2, -0.15) is 0 Å². The van der Waals surface area contributed by atoms with Crippen LogP contribution in [-0.2, 0) is 4.79 Å². The summed E-state index contributed by atoms with van der Waals surface area (Å²) in [6.07, 6.45) is 10.7. The minimum absolute atomic E-state index is 0.0456. The molecule has 0 aromatic heterocycles. The van der Waals surface area contributed by atoms with Crippen LogP contribution in [0, 0.1) is 33.8 Å². The van der Waals surface area contributed by atoms with Crippen molar-refractivity contribution >= 4 is 17.6 Å². The van der Waals surface area contributed by atoms with Gasteiger partial charge in [0.15, 0.2) is 0 Å². The number of hydrogen-bond acceptors (Lipinski definition) is 8. The van der Waals surface area contributed by atoms with Gasteiger partial charge < -0.3 is 19.3 Å². The minimum Gasteiger partial charge on any atom is -0.494 e. The first-order valence-electron chi connectivity index (χ1n) is 17.8. The molecule has 9 heteroatoms. The molecule has 3 rings (SSSR count). The molecule has 0 unspecified atom stereocenters. The fraction of sp³-hybridized carbons (Fsp3) is 0.463. The normalized spacial score (nSPS) is 12.0. The van der Waals surface area contributed by atoms with Crippen molar-refractivity contribution in [1.82, 2.24) is 0 Å². The van der Waals surface area contributed by atoms with Crippen LogP contribution in [0.25, 0.3) is 0 Å². The average Bonchev–Trinajstić information content (AvgIpc) is 3.10. The van der Waals surface area contributed by atoms with E-state index in [1.165, 1.54) is 50.7 Å². The molecule has 0 heterocycles. The van der Waals surface area contributed by atoms with Gasteiger partial charge in [0.1, 0.15) is 11.5 Å². The molecule has 0 radical (unpaired) electrons. The monoisotopic (exact) mass is 685 g/mol. The molecule has 2 atom stereocenters. The zero-order valence-electron chi connectivity index (χ0n) is 29.8. The molecule has 0 aliphatic rings. The number of aliphatic hydroxyl groups is 1.